The van der Waals surface area contributed by atoms with Gasteiger partial charge in [0.25, 0.3) is 5.72 Å². The van der Waals surface area contributed by atoms with Crippen molar-refractivity contribution in [2.45, 2.75) is 11.8 Å². The molecule has 3 N–H and O–H groups in total. The molecule has 0 fully saturated rings. The molecule has 8 nitrogen and oxygen atoms in total. The number of nitrogens with zero attached hydrogens (tertiary/aromatic N) is 1. The van der Waals surface area contributed by atoms with Crippen molar-refractivity contribution in [3.63, 3.8) is 0 Å². The van der Waals surface area contributed by atoms with E-state index in [0.717, 1.165) is 19.0 Å². The lowest BCUT2D eigenvalue weighted by Crippen LogP contribution is -2.62. The summed E-state index contributed by atoms with van der Waals surface area (Å²) in [5, 5.41) is 28.3. The normalized spacial score (nSPS) is 15.1. The van der Waals surface area contributed by atoms with Crippen molar-refractivity contribution < 1.29 is 34.4 Å². The average molecular weight is 297 g/mol. The summed E-state index contributed by atoms with van der Waals surface area (Å²) >= 11 is 0. The van der Waals surface area contributed by atoms with Crippen LogP contribution in [0.3, 0.4) is 0 Å². The van der Waals surface area contributed by atoms with E-state index in [2.05, 4.69) is 4.74 Å². The van der Waals surface area contributed by atoms with Crippen molar-refractivity contribution >= 4 is 17.9 Å². The van der Waals surface area contributed by atoms with Crippen LogP contribution in [-0.4, -0.2) is 64.1 Å². The second-order valence-corrected chi connectivity index (χ2v) is 4.40. The molecule has 21 heavy (non-hydrogen) atoms. The quantitative estimate of drug-likeness (QED) is 0.361. The van der Waals surface area contributed by atoms with Crippen molar-refractivity contribution in [2.75, 3.05) is 14.1 Å². The minimum atomic E-state index is -2.89. The van der Waals surface area contributed by atoms with Crippen LogP contribution in [-0.2, 0) is 14.3 Å². The van der Waals surface area contributed by atoms with Gasteiger partial charge >= 0.3 is 17.9 Å². The maximum absolute atomic E-state index is 11.9. The lowest BCUT2D eigenvalue weighted by molar-refractivity contribution is -0.208. The van der Waals surface area contributed by atoms with Crippen LogP contribution in [0.25, 0.3) is 0 Å². The third-order valence-electron chi connectivity index (χ3n) is 2.79. The van der Waals surface area contributed by atoms with Gasteiger partial charge in [0.15, 0.2) is 0 Å². The van der Waals surface area contributed by atoms with Crippen LogP contribution in [0.15, 0.2) is 30.3 Å². The Morgan fingerprint density at radius 2 is 1.71 bits per heavy atom. The molecule has 1 aromatic rings. The third kappa shape index (κ3) is 3.43. The topological polar surface area (TPSA) is 124 Å². The lowest BCUT2D eigenvalue weighted by atomic mass is 10.1. The Kier molecular flexibility index (Phi) is 5.14. The maximum atomic E-state index is 11.9. The van der Waals surface area contributed by atoms with Crippen LogP contribution in [0.4, 0.5) is 0 Å². The largest absolute Gasteiger partial charge is 0.479 e. The van der Waals surface area contributed by atoms with Crippen LogP contribution in [0.1, 0.15) is 10.4 Å². The highest BCUT2D eigenvalue weighted by Crippen LogP contribution is 2.18. The number of hydrogen-bond acceptors (Lipinski definition) is 7. The van der Waals surface area contributed by atoms with Gasteiger partial charge in [0.05, 0.1) is 5.56 Å². The van der Waals surface area contributed by atoms with Crippen LogP contribution < -0.4 is 0 Å². The van der Waals surface area contributed by atoms with E-state index in [4.69, 9.17) is 5.11 Å². The van der Waals surface area contributed by atoms with E-state index in [1.165, 1.54) is 24.3 Å². The first-order valence-corrected chi connectivity index (χ1v) is 5.83. The zero-order valence-corrected chi connectivity index (χ0v) is 11.4. The first-order chi connectivity index (χ1) is 9.71. The maximum Gasteiger partial charge on any atom is 0.365 e. The molecule has 0 saturated carbocycles. The van der Waals surface area contributed by atoms with Crippen molar-refractivity contribution in [1.82, 2.24) is 4.90 Å². The number of carboxylic acids is 1. The molecule has 8 heteroatoms. The molecule has 0 bridgehead atoms. The van der Waals surface area contributed by atoms with E-state index in [9.17, 15) is 24.6 Å². The van der Waals surface area contributed by atoms with Gasteiger partial charge in [-0.2, -0.15) is 0 Å². The smallest absolute Gasteiger partial charge is 0.365 e. The lowest BCUT2D eigenvalue weighted by Gasteiger charge is -2.33. The number of likely N-dealkylation sites (N-methyl/N-ethyl adjacent to an activating group) is 1. The fourth-order valence-corrected chi connectivity index (χ4v) is 1.50. The van der Waals surface area contributed by atoms with Crippen molar-refractivity contribution in [1.29, 1.82) is 0 Å². The van der Waals surface area contributed by atoms with E-state index in [0.29, 0.717) is 0 Å². The number of aliphatic carboxylic acids is 1. The molecular weight excluding hydrogens is 282 g/mol. The van der Waals surface area contributed by atoms with Gasteiger partial charge in [0, 0.05) is 0 Å². The zero-order valence-electron chi connectivity index (χ0n) is 11.4. The van der Waals surface area contributed by atoms with Gasteiger partial charge in [-0.15, -0.1) is 0 Å². The number of aliphatic hydroxyl groups is 2. The molecule has 2 atom stereocenters. The fraction of sp³-hybridized carbons (Fsp3) is 0.308. The van der Waals surface area contributed by atoms with E-state index in [-0.39, 0.29) is 5.56 Å². The Morgan fingerprint density at radius 1 is 1.19 bits per heavy atom. The van der Waals surface area contributed by atoms with Gasteiger partial charge in [-0.1, -0.05) is 18.2 Å². The van der Waals surface area contributed by atoms with Gasteiger partial charge in [-0.3, -0.25) is 4.90 Å². The Morgan fingerprint density at radius 3 is 2.14 bits per heavy atom. The predicted molar refractivity (Wildman–Crippen MR) is 69.1 cm³/mol. The second kappa shape index (κ2) is 6.44. The second-order valence-electron chi connectivity index (χ2n) is 4.40. The Labute approximate surface area is 120 Å². The van der Waals surface area contributed by atoms with Crippen LogP contribution in [0, 0.1) is 0 Å². The number of aliphatic hydroxyl groups excluding tert-OH is 1. The van der Waals surface area contributed by atoms with Crippen LogP contribution in [0.2, 0.25) is 0 Å². The predicted octanol–water partition coefficient (Wildman–Crippen LogP) is -0.934. The number of carboxylic acid groups (broad SMARTS) is 1. The molecule has 0 aliphatic rings. The van der Waals surface area contributed by atoms with Gasteiger partial charge < -0.3 is 20.1 Å². The summed E-state index contributed by atoms with van der Waals surface area (Å²) in [6, 6.07) is 7.45. The highest BCUT2D eigenvalue weighted by atomic mass is 16.6. The molecule has 114 valence electrons. The molecule has 1 aromatic carbocycles. The molecule has 0 aromatic heterocycles. The van der Waals surface area contributed by atoms with E-state index in [1.807, 2.05) is 0 Å². The molecule has 2 unspecified atom stereocenters. The molecule has 1 rings (SSSR count). The van der Waals surface area contributed by atoms with Crippen molar-refractivity contribution in [3.05, 3.63) is 35.9 Å². The summed E-state index contributed by atoms with van der Waals surface area (Å²) in [4.78, 5) is 35.1. The SMILES string of the molecule is CN(C)C(O)(C(=O)OC(=O)c1ccccc1)C(O)C(=O)O. The summed E-state index contributed by atoms with van der Waals surface area (Å²) in [6.45, 7) is 0. The van der Waals surface area contributed by atoms with Gasteiger partial charge in [-0.05, 0) is 26.2 Å². The highest BCUT2D eigenvalue weighted by molar-refractivity contribution is 6.00. The average Bonchev–Trinajstić information content (AvgIpc) is 2.45. The first-order valence-electron chi connectivity index (χ1n) is 5.83. The molecule has 0 aliphatic heterocycles. The van der Waals surface area contributed by atoms with Crippen molar-refractivity contribution in [2.24, 2.45) is 0 Å². The fourth-order valence-electron chi connectivity index (χ4n) is 1.50. The van der Waals surface area contributed by atoms with Crippen LogP contribution in [0.5, 0.6) is 0 Å². The number of benzene rings is 1. The summed E-state index contributed by atoms with van der Waals surface area (Å²) in [5.74, 6) is -4.50. The Balaban J connectivity index is 2.98. The monoisotopic (exact) mass is 297 g/mol. The summed E-state index contributed by atoms with van der Waals surface area (Å²) < 4.78 is 4.44. The number of hydrogen-bond donors (Lipinski definition) is 3. The standard InChI is InChI=1S/C13H15NO7/c1-14(2)13(20,9(15)10(16)17)12(19)21-11(18)8-6-4-3-5-7-8/h3-7,9,15,20H,1-2H3,(H,16,17). The number of ether oxygens (including phenoxy) is 1. The van der Waals surface area contributed by atoms with Crippen LogP contribution >= 0.6 is 0 Å². The minimum absolute atomic E-state index is 0.0387. The van der Waals surface area contributed by atoms with E-state index < -0.39 is 29.7 Å². The molecule has 0 radical (unpaired) electrons. The summed E-state index contributed by atoms with van der Waals surface area (Å²) in [7, 11) is 2.31. The molecule has 0 heterocycles. The van der Waals surface area contributed by atoms with Gasteiger partial charge in [0.2, 0.25) is 6.10 Å². The molecule has 0 saturated heterocycles. The molecule has 0 amide bonds. The summed E-state index contributed by atoms with van der Waals surface area (Å²) in [5.41, 5.74) is -2.85. The summed E-state index contributed by atoms with van der Waals surface area (Å²) in [6.07, 6.45) is -2.48. The number of carbonyl (C=O) groups is 3. The molecule has 0 spiro atoms. The van der Waals surface area contributed by atoms with E-state index in [1.54, 1.807) is 6.07 Å². The number of esters is 2. The van der Waals surface area contributed by atoms with E-state index >= 15 is 0 Å². The number of rotatable bonds is 5. The first kappa shape index (κ1) is 16.8. The molecule has 0 aliphatic carbocycles. The Hall–Kier alpha value is -2.29. The zero-order chi connectivity index (χ0) is 16.2. The molecular formula is C13H15NO7. The minimum Gasteiger partial charge on any atom is -0.479 e. The van der Waals surface area contributed by atoms with Crippen molar-refractivity contribution in [3.8, 4) is 0 Å². The van der Waals surface area contributed by atoms with Gasteiger partial charge in [-0.25, -0.2) is 14.4 Å². The highest BCUT2D eigenvalue weighted by Gasteiger charge is 2.52. The third-order valence-corrected chi connectivity index (χ3v) is 2.79. The number of carbonyl (C=O) groups excluding carboxylic acids is 2. The van der Waals surface area contributed by atoms with Gasteiger partial charge in [0.1, 0.15) is 0 Å². The Bertz CT molecular complexity index is 543.